The number of anilines is 2. The lowest BCUT2D eigenvalue weighted by molar-refractivity contribution is -0.122. The van der Waals surface area contributed by atoms with E-state index in [4.69, 9.17) is 4.74 Å². The number of para-hydroxylation sites is 1. The summed E-state index contributed by atoms with van der Waals surface area (Å²) in [6.07, 6.45) is 0.197. The fourth-order valence-electron chi connectivity index (χ4n) is 3.14. The molecule has 6 nitrogen and oxygen atoms in total. The van der Waals surface area contributed by atoms with Crippen LogP contribution in [0.15, 0.2) is 42.5 Å². The SMILES string of the molecule is Cc1ccc2c(c1)N(S(C)(=O)=O)C[C@H](C(=O)Nc1ccccc1C(C)C)O2. The van der Waals surface area contributed by atoms with Crippen LogP contribution in [0.1, 0.15) is 30.9 Å². The van der Waals surface area contributed by atoms with Crippen LogP contribution in [-0.2, 0) is 14.8 Å². The minimum atomic E-state index is -3.54. The summed E-state index contributed by atoms with van der Waals surface area (Å²) < 4.78 is 31.6. The molecule has 0 aromatic heterocycles. The molecular weight excluding hydrogens is 364 g/mol. The third-order valence-electron chi connectivity index (χ3n) is 4.52. The molecule has 1 amide bonds. The van der Waals surface area contributed by atoms with Gasteiger partial charge < -0.3 is 10.1 Å². The van der Waals surface area contributed by atoms with Crippen molar-refractivity contribution in [3.8, 4) is 5.75 Å². The maximum absolute atomic E-state index is 12.8. The Labute approximate surface area is 160 Å². The highest BCUT2D eigenvalue weighted by atomic mass is 32.2. The van der Waals surface area contributed by atoms with Crippen LogP contribution in [0, 0.1) is 6.92 Å². The molecule has 0 radical (unpaired) electrons. The highest BCUT2D eigenvalue weighted by Crippen LogP contribution is 2.36. The first-order valence-corrected chi connectivity index (χ1v) is 10.7. The molecule has 1 N–H and O–H groups in total. The summed E-state index contributed by atoms with van der Waals surface area (Å²) in [5, 5.41) is 2.89. The van der Waals surface area contributed by atoms with E-state index in [1.165, 1.54) is 4.31 Å². The number of amides is 1. The summed E-state index contributed by atoms with van der Waals surface area (Å²) in [4.78, 5) is 12.8. The Morgan fingerprint density at radius 2 is 1.93 bits per heavy atom. The first-order chi connectivity index (χ1) is 12.7. The number of aryl methyl sites for hydroxylation is 1. The van der Waals surface area contributed by atoms with Gasteiger partial charge in [-0.1, -0.05) is 38.1 Å². The van der Waals surface area contributed by atoms with Crippen molar-refractivity contribution in [1.82, 2.24) is 0 Å². The molecule has 1 atom stereocenters. The molecule has 2 aromatic rings. The molecule has 7 heteroatoms. The molecule has 27 heavy (non-hydrogen) atoms. The Hall–Kier alpha value is -2.54. The lowest BCUT2D eigenvalue weighted by Crippen LogP contribution is -2.48. The van der Waals surface area contributed by atoms with E-state index in [1.54, 1.807) is 12.1 Å². The molecule has 0 fully saturated rings. The van der Waals surface area contributed by atoms with Crippen molar-refractivity contribution in [2.45, 2.75) is 32.8 Å². The Bertz CT molecular complexity index is 970. The van der Waals surface area contributed by atoms with E-state index in [0.717, 1.165) is 17.4 Å². The van der Waals surface area contributed by atoms with Crippen LogP contribution in [0.25, 0.3) is 0 Å². The lowest BCUT2D eigenvalue weighted by Gasteiger charge is -2.34. The van der Waals surface area contributed by atoms with Crippen LogP contribution in [-0.4, -0.2) is 33.2 Å². The van der Waals surface area contributed by atoms with Gasteiger partial charge in [0.15, 0.2) is 6.10 Å². The second kappa shape index (κ2) is 7.23. The molecule has 144 valence electrons. The second-order valence-electron chi connectivity index (χ2n) is 7.10. The van der Waals surface area contributed by atoms with E-state index < -0.39 is 16.1 Å². The molecular formula is C20H24N2O4S. The summed E-state index contributed by atoms with van der Waals surface area (Å²) in [6, 6.07) is 12.8. The van der Waals surface area contributed by atoms with Crippen LogP contribution in [0.5, 0.6) is 5.75 Å². The quantitative estimate of drug-likeness (QED) is 0.872. The van der Waals surface area contributed by atoms with E-state index in [0.29, 0.717) is 17.1 Å². The van der Waals surface area contributed by atoms with Crippen molar-refractivity contribution in [2.24, 2.45) is 0 Å². The van der Waals surface area contributed by atoms with Gasteiger partial charge in [0, 0.05) is 5.69 Å². The number of ether oxygens (including phenoxy) is 1. The smallest absolute Gasteiger partial charge is 0.267 e. The van der Waals surface area contributed by atoms with Crippen LogP contribution in [0.2, 0.25) is 0 Å². The highest BCUT2D eigenvalue weighted by Gasteiger charge is 2.35. The van der Waals surface area contributed by atoms with Crippen molar-refractivity contribution >= 4 is 27.3 Å². The summed E-state index contributed by atoms with van der Waals surface area (Å²) in [5.74, 6) is 0.252. The summed E-state index contributed by atoms with van der Waals surface area (Å²) in [5.41, 5.74) is 3.10. The van der Waals surface area contributed by atoms with E-state index in [-0.39, 0.29) is 18.4 Å². The second-order valence-corrected chi connectivity index (χ2v) is 9.01. The van der Waals surface area contributed by atoms with E-state index in [2.05, 4.69) is 5.32 Å². The molecule has 0 unspecified atom stereocenters. The van der Waals surface area contributed by atoms with Crippen LogP contribution >= 0.6 is 0 Å². The maximum atomic E-state index is 12.8. The average molecular weight is 388 g/mol. The molecule has 0 aliphatic carbocycles. The predicted molar refractivity (Wildman–Crippen MR) is 107 cm³/mol. The fourth-order valence-corrected chi connectivity index (χ4v) is 4.05. The van der Waals surface area contributed by atoms with Crippen molar-refractivity contribution in [3.63, 3.8) is 0 Å². The van der Waals surface area contributed by atoms with Gasteiger partial charge >= 0.3 is 0 Å². The average Bonchev–Trinajstić information content (AvgIpc) is 2.60. The van der Waals surface area contributed by atoms with Crippen molar-refractivity contribution < 1.29 is 17.9 Å². The Morgan fingerprint density at radius 3 is 2.59 bits per heavy atom. The summed E-state index contributed by atoms with van der Waals surface area (Å²) >= 11 is 0. The van der Waals surface area contributed by atoms with Crippen molar-refractivity contribution in [3.05, 3.63) is 53.6 Å². The number of sulfonamides is 1. The molecule has 3 rings (SSSR count). The zero-order valence-electron chi connectivity index (χ0n) is 15.9. The predicted octanol–water partition coefficient (Wildman–Crippen LogP) is 3.28. The fraction of sp³-hybridized carbons (Fsp3) is 0.350. The Kier molecular flexibility index (Phi) is 5.15. The van der Waals surface area contributed by atoms with Gasteiger partial charge in [-0.05, 0) is 42.2 Å². The number of hydrogen-bond donors (Lipinski definition) is 1. The summed E-state index contributed by atoms with van der Waals surface area (Å²) in [6.45, 7) is 5.91. The molecule has 0 saturated heterocycles. The number of benzene rings is 2. The maximum Gasteiger partial charge on any atom is 0.267 e. The largest absolute Gasteiger partial charge is 0.476 e. The number of hydrogen-bond acceptors (Lipinski definition) is 4. The van der Waals surface area contributed by atoms with Crippen molar-refractivity contribution in [2.75, 3.05) is 22.4 Å². The van der Waals surface area contributed by atoms with Gasteiger partial charge in [0.1, 0.15) is 5.75 Å². The monoisotopic (exact) mass is 388 g/mol. The zero-order chi connectivity index (χ0) is 19.8. The highest BCUT2D eigenvalue weighted by molar-refractivity contribution is 7.92. The van der Waals surface area contributed by atoms with Crippen LogP contribution in [0.3, 0.4) is 0 Å². The van der Waals surface area contributed by atoms with E-state index >= 15 is 0 Å². The van der Waals surface area contributed by atoms with Crippen LogP contribution in [0.4, 0.5) is 11.4 Å². The molecule has 0 saturated carbocycles. The Balaban J connectivity index is 1.90. The van der Waals surface area contributed by atoms with Gasteiger partial charge in [-0.2, -0.15) is 0 Å². The third kappa shape index (κ3) is 4.08. The number of nitrogens with one attached hydrogen (secondary N) is 1. The van der Waals surface area contributed by atoms with Crippen molar-refractivity contribution in [1.29, 1.82) is 0 Å². The minimum absolute atomic E-state index is 0.0645. The normalized spacial score (nSPS) is 16.6. The number of rotatable bonds is 4. The zero-order valence-corrected chi connectivity index (χ0v) is 16.7. The molecule has 1 aliphatic heterocycles. The molecule has 0 spiro atoms. The van der Waals surface area contributed by atoms with Crippen LogP contribution < -0.4 is 14.4 Å². The topological polar surface area (TPSA) is 75.7 Å². The van der Waals surface area contributed by atoms with E-state index in [9.17, 15) is 13.2 Å². The molecule has 1 heterocycles. The molecule has 1 aliphatic rings. The number of carbonyl (C=O) groups excluding carboxylic acids is 1. The molecule has 0 bridgehead atoms. The van der Waals surface area contributed by atoms with E-state index in [1.807, 2.05) is 51.1 Å². The Morgan fingerprint density at radius 1 is 1.22 bits per heavy atom. The summed E-state index contributed by atoms with van der Waals surface area (Å²) in [7, 11) is -3.54. The standard InChI is InChI=1S/C20H24N2O4S/c1-13(2)15-7-5-6-8-16(15)21-20(23)19-12-22(27(4,24)25)17-11-14(3)9-10-18(17)26-19/h5-11,13,19H,12H2,1-4H3,(H,21,23)/t19-/m1/s1. The third-order valence-corrected chi connectivity index (χ3v) is 5.66. The van der Waals surface area contributed by atoms with Gasteiger partial charge in [-0.3, -0.25) is 9.10 Å². The first kappa shape index (κ1) is 19.2. The minimum Gasteiger partial charge on any atom is -0.476 e. The first-order valence-electron chi connectivity index (χ1n) is 8.81. The van der Waals surface area contributed by atoms with Gasteiger partial charge in [-0.15, -0.1) is 0 Å². The number of carbonyl (C=O) groups is 1. The van der Waals surface area contributed by atoms with Gasteiger partial charge in [0.2, 0.25) is 10.0 Å². The van der Waals surface area contributed by atoms with Gasteiger partial charge in [0.05, 0.1) is 18.5 Å². The molecule has 2 aromatic carbocycles. The lowest BCUT2D eigenvalue weighted by atomic mass is 10.0. The number of fused-ring (bicyclic) bond motifs is 1. The van der Waals surface area contributed by atoms with Gasteiger partial charge in [0.25, 0.3) is 5.91 Å². The van der Waals surface area contributed by atoms with Gasteiger partial charge in [-0.25, -0.2) is 8.42 Å². The number of nitrogens with zero attached hydrogens (tertiary/aromatic N) is 1.